The maximum absolute atomic E-state index is 13.1. The molecule has 1 heterocycles. The molecule has 12 heteroatoms. The number of nitro groups is 1. The van der Waals surface area contributed by atoms with Crippen molar-refractivity contribution in [1.29, 1.82) is 5.26 Å². The van der Waals surface area contributed by atoms with Crippen molar-refractivity contribution >= 4 is 11.6 Å². The van der Waals surface area contributed by atoms with Gasteiger partial charge in [-0.3, -0.25) is 19.7 Å². The molecule has 1 unspecified atom stereocenters. The third-order valence-electron chi connectivity index (χ3n) is 4.59. The number of halogens is 3. The van der Waals surface area contributed by atoms with E-state index in [0.717, 1.165) is 16.8 Å². The van der Waals surface area contributed by atoms with Gasteiger partial charge in [-0.25, -0.2) is 0 Å². The summed E-state index contributed by atoms with van der Waals surface area (Å²) in [6, 6.07) is 11.5. The average Bonchev–Trinajstić information content (AvgIpc) is 2.78. The van der Waals surface area contributed by atoms with Crippen LogP contribution >= 0.6 is 0 Å². The van der Waals surface area contributed by atoms with Crippen LogP contribution in [0.3, 0.4) is 0 Å². The number of hydrogen-bond acceptors (Lipinski definition) is 6. The fourth-order valence-electron chi connectivity index (χ4n) is 2.94. The van der Waals surface area contributed by atoms with Gasteiger partial charge in [0.1, 0.15) is 11.6 Å². The van der Waals surface area contributed by atoms with Gasteiger partial charge < -0.3 is 5.32 Å². The van der Waals surface area contributed by atoms with E-state index in [2.05, 4.69) is 10.4 Å². The molecule has 3 aromatic rings. The predicted molar refractivity (Wildman–Crippen MR) is 109 cm³/mol. The van der Waals surface area contributed by atoms with E-state index < -0.39 is 39.9 Å². The minimum Gasteiger partial charge on any atom is -0.344 e. The third kappa shape index (κ3) is 5.04. The van der Waals surface area contributed by atoms with Crippen LogP contribution in [0.2, 0.25) is 0 Å². The van der Waals surface area contributed by atoms with Gasteiger partial charge in [0, 0.05) is 12.1 Å². The molecular formula is C21H14F3N5O4. The van der Waals surface area contributed by atoms with Crippen molar-refractivity contribution in [3.63, 3.8) is 0 Å². The highest BCUT2D eigenvalue weighted by molar-refractivity contribution is 5.92. The van der Waals surface area contributed by atoms with Gasteiger partial charge >= 0.3 is 6.18 Å². The number of nitro benzene ring substituents is 1. The topological polar surface area (TPSA) is 131 Å². The van der Waals surface area contributed by atoms with E-state index in [-0.39, 0.29) is 22.5 Å². The molecule has 0 aliphatic carbocycles. The van der Waals surface area contributed by atoms with Crippen molar-refractivity contribution in [2.24, 2.45) is 0 Å². The summed E-state index contributed by atoms with van der Waals surface area (Å²) < 4.78 is 40.3. The zero-order valence-electron chi connectivity index (χ0n) is 16.8. The van der Waals surface area contributed by atoms with Gasteiger partial charge in [0.25, 0.3) is 17.2 Å². The van der Waals surface area contributed by atoms with E-state index in [4.69, 9.17) is 0 Å². The summed E-state index contributed by atoms with van der Waals surface area (Å²) in [5.41, 5.74) is -3.39. The average molecular weight is 457 g/mol. The number of carbonyl (C=O) groups is 1. The minimum absolute atomic E-state index is 0.165. The Morgan fingerprint density at radius 2 is 1.88 bits per heavy atom. The fraction of sp³-hybridized carbons (Fsp3) is 0.143. The number of carbonyl (C=O) groups excluding carboxylic acids is 1. The highest BCUT2D eigenvalue weighted by Gasteiger charge is 2.33. The molecule has 0 aliphatic heterocycles. The second kappa shape index (κ2) is 8.91. The summed E-state index contributed by atoms with van der Waals surface area (Å²) in [5, 5.41) is 26.6. The maximum atomic E-state index is 13.1. The molecule has 1 aromatic heterocycles. The monoisotopic (exact) mass is 457 g/mol. The summed E-state index contributed by atoms with van der Waals surface area (Å²) in [6.07, 6.45) is -4.83. The molecule has 1 N–H and O–H groups in total. The smallest absolute Gasteiger partial charge is 0.344 e. The normalized spacial score (nSPS) is 12.0. The van der Waals surface area contributed by atoms with Crippen molar-refractivity contribution in [3.8, 4) is 11.8 Å². The number of benzene rings is 2. The predicted octanol–water partition coefficient (Wildman–Crippen LogP) is 3.52. The number of non-ortho nitro benzene ring substituents is 1. The molecule has 0 fully saturated rings. The lowest BCUT2D eigenvalue weighted by atomic mass is 10.0. The van der Waals surface area contributed by atoms with Gasteiger partial charge in [0.15, 0.2) is 5.69 Å². The molecule has 3 rings (SSSR count). The Morgan fingerprint density at radius 1 is 1.21 bits per heavy atom. The lowest BCUT2D eigenvalue weighted by Gasteiger charge is -2.16. The second-order valence-electron chi connectivity index (χ2n) is 6.87. The Balaban J connectivity index is 1.98. The van der Waals surface area contributed by atoms with Gasteiger partial charge in [-0.2, -0.15) is 28.2 Å². The Hall–Kier alpha value is -4.53. The first-order valence-corrected chi connectivity index (χ1v) is 9.28. The van der Waals surface area contributed by atoms with Crippen LogP contribution in [-0.4, -0.2) is 20.6 Å². The Morgan fingerprint density at radius 3 is 2.45 bits per heavy atom. The van der Waals surface area contributed by atoms with Crippen LogP contribution in [0, 0.1) is 21.4 Å². The first-order valence-electron chi connectivity index (χ1n) is 9.28. The van der Waals surface area contributed by atoms with Gasteiger partial charge in [-0.15, -0.1) is 0 Å². The number of nitriles is 1. The lowest BCUT2D eigenvalue weighted by Crippen LogP contribution is -2.32. The van der Waals surface area contributed by atoms with Crippen LogP contribution in [-0.2, 0) is 6.18 Å². The summed E-state index contributed by atoms with van der Waals surface area (Å²) in [6.45, 7) is 1.33. The SMILES string of the molecule is CC(NC(=O)c1cc(C#N)c(=O)n(-c2ccccc2)n1)c1cc([N+](=O)[O-])cc(C(F)(F)F)c1. The van der Waals surface area contributed by atoms with Crippen molar-refractivity contribution in [1.82, 2.24) is 15.1 Å². The molecule has 0 saturated heterocycles. The van der Waals surface area contributed by atoms with Crippen LogP contribution in [0.1, 0.15) is 40.1 Å². The standard InChI is InChI=1S/C21H14F3N5O4/c1-12(13-7-15(21(22,23)24)10-17(8-13)29(32)33)26-19(30)18-9-14(11-25)20(31)28(27-18)16-5-3-2-4-6-16/h2-10,12H,1H3,(H,26,30). The van der Waals surface area contributed by atoms with Gasteiger partial charge in [0.2, 0.25) is 0 Å². The molecule has 0 aliphatic rings. The largest absolute Gasteiger partial charge is 0.416 e. The highest BCUT2D eigenvalue weighted by atomic mass is 19.4. The lowest BCUT2D eigenvalue weighted by molar-refractivity contribution is -0.385. The Labute approximate surface area is 183 Å². The molecule has 1 atom stereocenters. The number of nitrogens with zero attached hydrogens (tertiary/aromatic N) is 4. The van der Waals surface area contributed by atoms with E-state index in [1.165, 1.54) is 19.1 Å². The summed E-state index contributed by atoms with van der Waals surface area (Å²) in [5.74, 6) is -0.899. The molecule has 0 radical (unpaired) electrons. The summed E-state index contributed by atoms with van der Waals surface area (Å²) >= 11 is 0. The Kier molecular flexibility index (Phi) is 6.25. The molecular weight excluding hydrogens is 443 g/mol. The molecule has 2 aromatic carbocycles. The highest BCUT2D eigenvalue weighted by Crippen LogP contribution is 2.34. The Bertz CT molecular complexity index is 1330. The van der Waals surface area contributed by atoms with Crippen LogP contribution in [0.4, 0.5) is 18.9 Å². The molecule has 9 nitrogen and oxygen atoms in total. The van der Waals surface area contributed by atoms with Crippen molar-refractivity contribution in [2.45, 2.75) is 19.1 Å². The maximum Gasteiger partial charge on any atom is 0.416 e. The number of para-hydroxylation sites is 1. The number of rotatable bonds is 5. The number of hydrogen-bond donors (Lipinski definition) is 1. The van der Waals surface area contributed by atoms with Gasteiger partial charge in [-0.05, 0) is 36.8 Å². The zero-order valence-corrected chi connectivity index (χ0v) is 16.8. The van der Waals surface area contributed by atoms with Crippen LogP contribution in [0.25, 0.3) is 5.69 Å². The molecule has 1 amide bonds. The van der Waals surface area contributed by atoms with E-state index in [9.17, 15) is 38.1 Å². The molecule has 168 valence electrons. The van der Waals surface area contributed by atoms with Crippen molar-refractivity contribution < 1.29 is 22.9 Å². The van der Waals surface area contributed by atoms with Crippen molar-refractivity contribution in [2.75, 3.05) is 0 Å². The van der Waals surface area contributed by atoms with Gasteiger partial charge in [0.05, 0.1) is 22.2 Å². The first-order chi connectivity index (χ1) is 15.5. The number of nitrogens with one attached hydrogen (secondary N) is 1. The van der Waals surface area contributed by atoms with Crippen molar-refractivity contribution in [3.05, 3.63) is 97.4 Å². The number of amides is 1. The van der Waals surface area contributed by atoms with Crippen LogP contribution < -0.4 is 10.9 Å². The van der Waals surface area contributed by atoms with Crippen LogP contribution in [0.5, 0.6) is 0 Å². The second-order valence-corrected chi connectivity index (χ2v) is 6.87. The van der Waals surface area contributed by atoms with E-state index in [1.54, 1.807) is 24.3 Å². The number of aromatic nitrogens is 2. The summed E-state index contributed by atoms with van der Waals surface area (Å²) in [7, 11) is 0. The molecule has 33 heavy (non-hydrogen) atoms. The quantitative estimate of drug-likeness (QED) is 0.461. The van der Waals surface area contributed by atoms with E-state index in [1.807, 2.05) is 0 Å². The minimum atomic E-state index is -4.83. The zero-order chi connectivity index (χ0) is 24.3. The molecule has 0 saturated carbocycles. The third-order valence-corrected chi connectivity index (χ3v) is 4.59. The van der Waals surface area contributed by atoms with Gasteiger partial charge in [-0.1, -0.05) is 18.2 Å². The molecule has 0 spiro atoms. The number of alkyl halides is 3. The first kappa shape index (κ1) is 23.1. The van der Waals surface area contributed by atoms with E-state index >= 15 is 0 Å². The molecule has 0 bridgehead atoms. The van der Waals surface area contributed by atoms with Crippen LogP contribution in [0.15, 0.2) is 59.4 Å². The van der Waals surface area contributed by atoms with E-state index in [0.29, 0.717) is 12.1 Å². The fourth-order valence-corrected chi connectivity index (χ4v) is 2.94. The summed E-state index contributed by atoms with van der Waals surface area (Å²) in [4.78, 5) is 35.2.